The molecule has 1 aromatic carbocycles. The molecule has 0 saturated heterocycles. The largest absolute Gasteiger partial charge is 0.330 e. The molecule has 0 aliphatic rings. The fourth-order valence-electron chi connectivity index (χ4n) is 2.32. The van der Waals surface area contributed by atoms with Crippen molar-refractivity contribution in [1.82, 2.24) is 19.1 Å². The van der Waals surface area contributed by atoms with Crippen molar-refractivity contribution in [2.75, 3.05) is 0 Å². The molecule has 0 bridgehead atoms. The van der Waals surface area contributed by atoms with Crippen LogP contribution >= 0.6 is 0 Å². The van der Waals surface area contributed by atoms with Gasteiger partial charge in [-0.1, -0.05) is 30.3 Å². The zero-order valence-corrected chi connectivity index (χ0v) is 11.8. The van der Waals surface area contributed by atoms with Gasteiger partial charge in [0.25, 0.3) is 11.1 Å². The quantitative estimate of drug-likeness (QED) is 0.678. The first-order chi connectivity index (χ1) is 11.1. The maximum absolute atomic E-state index is 12.1. The van der Waals surface area contributed by atoms with E-state index in [0.29, 0.717) is 5.56 Å². The van der Waals surface area contributed by atoms with Gasteiger partial charge in [0.1, 0.15) is 6.17 Å². The molecular formula is C15H12N4O4. The van der Waals surface area contributed by atoms with E-state index in [0.717, 1.165) is 0 Å². The van der Waals surface area contributed by atoms with Crippen LogP contribution in [0.4, 0.5) is 0 Å². The van der Waals surface area contributed by atoms with E-state index < -0.39 is 28.7 Å². The normalized spacial score (nSPS) is 10.8. The first kappa shape index (κ1) is 14.5. The summed E-state index contributed by atoms with van der Waals surface area (Å²) in [6, 6.07) is 11.2. The van der Waals surface area contributed by atoms with Crippen molar-refractivity contribution in [3.05, 3.63) is 102 Å². The van der Waals surface area contributed by atoms with E-state index in [1.807, 2.05) is 0 Å². The van der Waals surface area contributed by atoms with Gasteiger partial charge in [-0.05, 0) is 5.56 Å². The molecular weight excluding hydrogens is 300 g/mol. The molecule has 0 atom stereocenters. The summed E-state index contributed by atoms with van der Waals surface area (Å²) in [6.07, 6.45) is 1.76. The van der Waals surface area contributed by atoms with E-state index in [9.17, 15) is 19.2 Å². The Morgan fingerprint density at radius 3 is 1.61 bits per heavy atom. The maximum atomic E-state index is 12.1. The lowest BCUT2D eigenvalue weighted by Crippen LogP contribution is -2.40. The molecule has 116 valence electrons. The fourth-order valence-corrected chi connectivity index (χ4v) is 2.32. The fraction of sp³-hybridized carbons (Fsp3) is 0.0667. The summed E-state index contributed by atoms with van der Waals surface area (Å²) < 4.78 is 2.41. The molecule has 0 spiro atoms. The standard InChI is InChI=1S/C15H12N4O4/c20-11-6-8-18(14(22)16-11)13(10-4-2-1-3-5-10)19-9-7-12(21)17-15(19)23/h1-9,13H,(H,16,20,22)(H,17,21,23). The molecule has 8 heteroatoms. The van der Waals surface area contributed by atoms with E-state index >= 15 is 0 Å². The highest BCUT2D eigenvalue weighted by Gasteiger charge is 2.18. The predicted octanol–water partition coefficient (Wildman–Crippen LogP) is -0.518. The highest BCUT2D eigenvalue weighted by Crippen LogP contribution is 2.16. The van der Waals surface area contributed by atoms with Crippen molar-refractivity contribution in [1.29, 1.82) is 0 Å². The third-order valence-electron chi connectivity index (χ3n) is 3.33. The summed E-state index contributed by atoms with van der Waals surface area (Å²) in [7, 11) is 0. The second kappa shape index (κ2) is 5.76. The number of hydrogen-bond acceptors (Lipinski definition) is 4. The summed E-state index contributed by atoms with van der Waals surface area (Å²) in [6.45, 7) is 0. The van der Waals surface area contributed by atoms with Crippen LogP contribution in [0.25, 0.3) is 0 Å². The number of hydrogen-bond donors (Lipinski definition) is 2. The average molecular weight is 312 g/mol. The van der Waals surface area contributed by atoms with Crippen LogP contribution in [0.2, 0.25) is 0 Å². The van der Waals surface area contributed by atoms with Gasteiger partial charge in [-0.3, -0.25) is 28.7 Å². The van der Waals surface area contributed by atoms with Gasteiger partial charge in [-0.15, -0.1) is 0 Å². The molecule has 0 fully saturated rings. The Morgan fingerprint density at radius 2 is 1.17 bits per heavy atom. The highest BCUT2D eigenvalue weighted by molar-refractivity contribution is 5.20. The molecule has 2 N–H and O–H groups in total. The molecule has 0 unspecified atom stereocenters. The van der Waals surface area contributed by atoms with Gasteiger partial charge in [-0.2, -0.15) is 0 Å². The minimum atomic E-state index is -0.843. The van der Waals surface area contributed by atoms with Gasteiger partial charge < -0.3 is 0 Å². The highest BCUT2D eigenvalue weighted by atomic mass is 16.2. The Hall–Kier alpha value is -3.42. The number of aromatic nitrogens is 4. The number of H-pyrrole nitrogens is 2. The lowest BCUT2D eigenvalue weighted by Gasteiger charge is -2.21. The Bertz CT molecular complexity index is 992. The lowest BCUT2D eigenvalue weighted by molar-refractivity contribution is 0.457. The number of rotatable bonds is 3. The average Bonchev–Trinajstić information content (AvgIpc) is 2.52. The van der Waals surface area contributed by atoms with Crippen LogP contribution < -0.4 is 22.5 Å². The molecule has 3 rings (SSSR count). The maximum Gasteiger partial charge on any atom is 0.330 e. The van der Waals surface area contributed by atoms with Gasteiger partial charge in [0.2, 0.25) is 0 Å². The molecule has 0 amide bonds. The van der Waals surface area contributed by atoms with E-state index in [1.54, 1.807) is 30.3 Å². The molecule has 23 heavy (non-hydrogen) atoms. The lowest BCUT2D eigenvalue weighted by atomic mass is 10.1. The van der Waals surface area contributed by atoms with Gasteiger partial charge >= 0.3 is 11.4 Å². The molecule has 0 aliphatic heterocycles. The van der Waals surface area contributed by atoms with Crippen molar-refractivity contribution in [3.63, 3.8) is 0 Å². The number of nitrogens with zero attached hydrogens (tertiary/aromatic N) is 2. The van der Waals surface area contributed by atoms with Gasteiger partial charge in [0.15, 0.2) is 0 Å². The zero-order chi connectivity index (χ0) is 16.4. The molecule has 8 nitrogen and oxygen atoms in total. The second-order valence-corrected chi connectivity index (χ2v) is 4.82. The van der Waals surface area contributed by atoms with Crippen LogP contribution in [0.1, 0.15) is 11.7 Å². The molecule has 3 aromatic rings. The van der Waals surface area contributed by atoms with Crippen LogP contribution in [-0.2, 0) is 0 Å². The van der Waals surface area contributed by atoms with Crippen molar-refractivity contribution in [2.45, 2.75) is 6.17 Å². The summed E-state index contributed by atoms with van der Waals surface area (Å²) in [5, 5.41) is 0. The predicted molar refractivity (Wildman–Crippen MR) is 82.6 cm³/mol. The third-order valence-corrected chi connectivity index (χ3v) is 3.33. The molecule has 2 heterocycles. The SMILES string of the molecule is O=c1ccn(C(c2ccccc2)n2ccc(=O)[nH]c2=O)c(=O)[nH]1. The van der Waals surface area contributed by atoms with E-state index in [1.165, 1.54) is 33.7 Å². The Kier molecular flexibility index (Phi) is 3.63. The Balaban J connectivity index is 2.31. The molecule has 0 aliphatic carbocycles. The zero-order valence-electron chi connectivity index (χ0n) is 11.8. The van der Waals surface area contributed by atoms with Crippen molar-refractivity contribution in [3.8, 4) is 0 Å². The van der Waals surface area contributed by atoms with Gasteiger partial charge in [0, 0.05) is 24.5 Å². The third kappa shape index (κ3) is 2.82. The van der Waals surface area contributed by atoms with Crippen LogP contribution in [0.3, 0.4) is 0 Å². The molecule has 0 saturated carbocycles. The second-order valence-electron chi connectivity index (χ2n) is 4.82. The van der Waals surface area contributed by atoms with E-state index in [4.69, 9.17) is 0 Å². The van der Waals surface area contributed by atoms with Crippen LogP contribution in [0.5, 0.6) is 0 Å². The monoisotopic (exact) mass is 312 g/mol. The minimum Gasteiger partial charge on any atom is -0.275 e. The topological polar surface area (TPSA) is 110 Å². The van der Waals surface area contributed by atoms with Gasteiger partial charge in [-0.25, -0.2) is 9.59 Å². The van der Waals surface area contributed by atoms with Crippen LogP contribution in [0, 0.1) is 0 Å². The smallest absolute Gasteiger partial charge is 0.275 e. The van der Waals surface area contributed by atoms with Crippen molar-refractivity contribution >= 4 is 0 Å². The summed E-state index contributed by atoms with van der Waals surface area (Å²) in [5.74, 6) is 0. The van der Waals surface area contributed by atoms with E-state index in [-0.39, 0.29) is 0 Å². The minimum absolute atomic E-state index is 0.535. The molecule has 2 aromatic heterocycles. The Morgan fingerprint density at radius 1 is 0.696 bits per heavy atom. The van der Waals surface area contributed by atoms with Crippen molar-refractivity contribution < 1.29 is 0 Å². The van der Waals surface area contributed by atoms with E-state index in [2.05, 4.69) is 9.97 Å². The Labute approximate surface area is 128 Å². The number of nitrogens with one attached hydrogen (secondary N) is 2. The number of aromatic amines is 2. The van der Waals surface area contributed by atoms with Crippen LogP contribution in [-0.4, -0.2) is 19.1 Å². The summed E-state index contributed by atoms with van der Waals surface area (Å²) in [4.78, 5) is 51.1. The first-order valence-corrected chi connectivity index (χ1v) is 6.74. The van der Waals surface area contributed by atoms with Crippen LogP contribution in [0.15, 0.2) is 74.0 Å². The number of benzene rings is 1. The van der Waals surface area contributed by atoms with Crippen molar-refractivity contribution in [2.24, 2.45) is 0 Å². The van der Waals surface area contributed by atoms with Gasteiger partial charge in [0.05, 0.1) is 0 Å². The summed E-state index contributed by atoms with van der Waals surface area (Å²) in [5.41, 5.74) is -1.76. The first-order valence-electron chi connectivity index (χ1n) is 6.74. The summed E-state index contributed by atoms with van der Waals surface area (Å²) >= 11 is 0. The molecule has 0 radical (unpaired) electrons.